The van der Waals surface area contributed by atoms with Crippen LogP contribution in [0.4, 0.5) is 19.0 Å². The Morgan fingerprint density at radius 3 is 2.55 bits per heavy atom. The fraction of sp³-hybridized carbons (Fsp3) is 0.438. The monoisotopic (exact) mass is 414 g/mol. The molecule has 0 radical (unpaired) electrons. The highest BCUT2D eigenvalue weighted by Crippen LogP contribution is 2.28. The van der Waals surface area contributed by atoms with Crippen molar-refractivity contribution in [3.8, 4) is 0 Å². The third-order valence-corrected chi connectivity index (χ3v) is 4.18. The van der Waals surface area contributed by atoms with Crippen LogP contribution >= 0.6 is 0 Å². The van der Waals surface area contributed by atoms with Crippen LogP contribution in [0.25, 0.3) is 0 Å². The molecular weight excluding hydrogens is 397 g/mol. The summed E-state index contributed by atoms with van der Waals surface area (Å²) in [5.74, 6) is -0.717. The van der Waals surface area contributed by atoms with Gasteiger partial charge in [0.1, 0.15) is 30.5 Å². The number of nitrogens with zero attached hydrogens (tertiary/aromatic N) is 4. The van der Waals surface area contributed by atoms with Crippen LogP contribution < -0.4 is 10.6 Å². The van der Waals surface area contributed by atoms with E-state index in [-0.39, 0.29) is 24.5 Å². The smallest absolute Gasteiger partial charge is 0.388 e. The summed E-state index contributed by atoms with van der Waals surface area (Å²) in [6, 6.07) is -0.933. The number of amides is 1. The number of halogens is 3. The number of rotatable bonds is 5. The number of aliphatic hydroxyl groups is 2. The second-order valence-corrected chi connectivity index (χ2v) is 6.23. The fourth-order valence-electron chi connectivity index (χ4n) is 2.66. The Bertz CT molecular complexity index is 841. The Hall–Kier alpha value is -2.90. The summed E-state index contributed by atoms with van der Waals surface area (Å²) >= 11 is 0. The van der Waals surface area contributed by atoms with Crippen LogP contribution in [0.15, 0.2) is 31.1 Å². The molecule has 3 rings (SSSR count). The van der Waals surface area contributed by atoms with E-state index in [4.69, 9.17) is 4.74 Å². The van der Waals surface area contributed by atoms with E-state index in [1.807, 2.05) is 0 Å². The average Bonchev–Trinajstić information content (AvgIpc) is 2.71. The van der Waals surface area contributed by atoms with Crippen molar-refractivity contribution in [2.75, 3.05) is 18.5 Å². The average molecular weight is 414 g/mol. The molecule has 0 bridgehead atoms. The maximum absolute atomic E-state index is 12.7. The minimum Gasteiger partial charge on any atom is -0.388 e. The Labute approximate surface area is 162 Å². The van der Waals surface area contributed by atoms with Crippen LogP contribution in [0.1, 0.15) is 16.1 Å². The van der Waals surface area contributed by atoms with Crippen molar-refractivity contribution < 1.29 is 32.9 Å². The molecule has 13 heteroatoms. The number of carbonyl (C=O) groups is 1. The van der Waals surface area contributed by atoms with E-state index in [0.29, 0.717) is 6.20 Å². The van der Waals surface area contributed by atoms with Crippen LogP contribution in [0.5, 0.6) is 0 Å². The van der Waals surface area contributed by atoms with Gasteiger partial charge in [-0.05, 0) is 0 Å². The largest absolute Gasteiger partial charge is 0.434 e. The Morgan fingerprint density at radius 1 is 1.14 bits per heavy atom. The molecule has 29 heavy (non-hydrogen) atoms. The van der Waals surface area contributed by atoms with Crippen LogP contribution in [-0.4, -0.2) is 73.6 Å². The highest BCUT2D eigenvalue weighted by molar-refractivity contribution is 5.93. The van der Waals surface area contributed by atoms with Crippen molar-refractivity contribution in [1.82, 2.24) is 25.3 Å². The molecule has 10 nitrogen and oxygen atoms in total. The van der Waals surface area contributed by atoms with Gasteiger partial charge >= 0.3 is 6.18 Å². The van der Waals surface area contributed by atoms with E-state index in [9.17, 15) is 28.2 Å². The van der Waals surface area contributed by atoms with Crippen molar-refractivity contribution in [3.63, 3.8) is 0 Å². The number of alkyl halides is 3. The SMILES string of the molecule is O=C(NC[C@H]1OC[C@H](Nc2cncc(C(F)(F)F)n2)[C@@H](O)[C@H]1O)c1cncnc1. The number of anilines is 1. The quantitative estimate of drug-likeness (QED) is 0.515. The topological polar surface area (TPSA) is 142 Å². The van der Waals surface area contributed by atoms with Gasteiger partial charge in [0.2, 0.25) is 0 Å². The van der Waals surface area contributed by atoms with Gasteiger partial charge in [-0.2, -0.15) is 13.2 Å². The first-order chi connectivity index (χ1) is 13.8. The Kier molecular flexibility index (Phi) is 6.20. The first kappa shape index (κ1) is 20.8. The maximum atomic E-state index is 12.7. The molecule has 0 aromatic carbocycles. The summed E-state index contributed by atoms with van der Waals surface area (Å²) in [5.41, 5.74) is -0.985. The summed E-state index contributed by atoms with van der Waals surface area (Å²) < 4.78 is 43.6. The van der Waals surface area contributed by atoms with Crippen molar-refractivity contribution in [3.05, 3.63) is 42.4 Å². The molecular formula is C16H17F3N6O4. The highest BCUT2D eigenvalue weighted by Gasteiger charge is 2.39. The van der Waals surface area contributed by atoms with Gasteiger partial charge in [0, 0.05) is 18.9 Å². The van der Waals surface area contributed by atoms with E-state index in [0.717, 1.165) is 6.20 Å². The van der Waals surface area contributed by atoms with Crippen molar-refractivity contribution >= 4 is 11.7 Å². The molecule has 2 aromatic heterocycles. The molecule has 0 spiro atoms. The molecule has 0 aliphatic carbocycles. The summed E-state index contributed by atoms with van der Waals surface area (Å²) in [6.45, 7) is -0.257. The predicted octanol–water partition coefficient (Wildman–Crippen LogP) is -0.384. The molecule has 3 heterocycles. The molecule has 1 aliphatic rings. The molecule has 4 atom stereocenters. The summed E-state index contributed by atoms with van der Waals surface area (Å²) in [6.07, 6.45) is -2.87. The summed E-state index contributed by atoms with van der Waals surface area (Å²) in [7, 11) is 0. The number of nitrogens with one attached hydrogen (secondary N) is 2. The molecule has 1 saturated heterocycles. The maximum Gasteiger partial charge on any atom is 0.434 e. The van der Waals surface area contributed by atoms with E-state index >= 15 is 0 Å². The summed E-state index contributed by atoms with van der Waals surface area (Å²) in [5, 5.41) is 25.6. The Balaban J connectivity index is 1.57. The second kappa shape index (κ2) is 8.63. The zero-order valence-corrected chi connectivity index (χ0v) is 14.7. The molecule has 1 fully saturated rings. The molecule has 1 aliphatic heterocycles. The van der Waals surface area contributed by atoms with Gasteiger partial charge in [-0.25, -0.2) is 15.0 Å². The third kappa shape index (κ3) is 5.13. The van der Waals surface area contributed by atoms with Crippen LogP contribution in [0, 0.1) is 0 Å². The lowest BCUT2D eigenvalue weighted by Gasteiger charge is -2.38. The van der Waals surface area contributed by atoms with E-state index in [2.05, 4.69) is 30.6 Å². The molecule has 4 N–H and O–H groups in total. The van der Waals surface area contributed by atoms with E-state index in [1.54, 1.807) is 0 Å². The van der Waals surface area contributed by atoms with Gasteiger partial charge in [-0.15, -0.1) is 0 Å². The van der Waals surface area contributed by atoms with Crippen LogP contribution in [0.2, 0.25) is 0 Å². The first-order valence-corrected chi connectivity index (χ1v) is 8.42. The van der Waals surface area contributed by atoms with Gasteiger partial charge < -0.3 is 25.6 Å². The first-order valence-electron chi connectivity index (χ1n) is 8.42. The standard InChI is InChI=1S/C16H17F3N6O4/c17-16(18,19)11-4-20-5-12(25-11)24-9-6-29-10(14(27)13(9)26)3-23-15(28)8-1-21-7-22-2-8/h1-2,4-5,7,9-10,13-14,26-27H,3,6H2,(H,23,28)(H,24,25)/t9-,10+,13+,14-/m0/s1. The van der Waals surface area contributed by atoms with Crippen molar-refractivity contribution in [1.29, 1.82) is 0 Å². The number of hydrogen-bond acceptors (Lipinski definition) is 9. The minimum atomic E-state index is -4.67. The molecule has 0 saturated carbocycles. The normalized spacial score (nSPS) is 24.7. The third-order valence-electron chi connectivity index (χ3n) is 4.18. The second-order valence-electron chi connectivity index (χ2n) is 6.23. The predicted molar refractivity (Wildman–Crippen MR) is 90.6 cm³/mol. The van der Waals surface area contributed by atoms with Gasteiger partial charge in [0.15, 0.2) is 5.69 Å². The molecule has 156 valence electrons. The lowest BCUT2D eigenvalue weighted by Crippen LogP contribution is -2.58. The summed E-state index contributed by atoms with van der Waals surface area (Å²) in [4.78, 5) is 26.3. The number of ether oxygens (including phenoxy) is 1. The van der Waals surface area contributed by atoms with Gasteiger partial charge in [0.05, 0.1) is 30.6 Å². The van der Waals surface area contributed by atoms with E-state index in [1.165, 1.54) is 18.7 Å². The fourth-order valence-corrected chi connectivity index (χ4v) is 2.66. The van der Waals surface area contributed by atoms with E-state index < -0.39 is 42.1 Å². The zero-order valence-electron chi connectivity index (χ0n) is 14.7. The van der Waals surface area contributed by atoms with Crippen LogP contribution in [-0.2, 0) is 10.9 Å². The molecule has 1 amide bonds. The number of hydrogen-bond donors (Lipinski definition) is 4. The number of aromatic nitrogens is 4. The van der Waals surface area contributed by atoms with Crippen molar-refractivity contribution in [2.24, 2.45) is 0 Å². The van der Waals surface area contributed by atoms with Crippen molar-refractivity contribution in [2.45, 2.75) is 30.5 Å². The zero-order chi connectivity index (χ0) is 21.0. The number of carbonyl (C=O) groups excluding carboxylic acids is 1. The van der Waals surface area contributed by atoms with Gasteiger partial charge in [-0.1, -0.05) is 0 Å². The Morgan fingerprint density at radius 2 is 1.86 bits per heavy atom. The lowest BCUT2D eigenvalue weighted by molar-refractivity contribution is -0.141. The molecule has 2 aromatic rings. The van der Waals surface area contributed by atoms with Crippen LogP contribution in [0.3, 0.4) is 0 Å². The number of aliphatic hydroxyl groups excluding tert-OH is 2. The minimum absolute atomic E-state index is 0.109. The molecule has 0 unspecified atom stereocenters. The lowest BCUT2D eigenvalue weighted by atomic mass is 9.98. The van der Waals surface area contributed by atoms with Gasteiger partial charge in [0.25, 0.3) is 5.91 Å². The highest BCUT2D eigenvalue weighted by atomic mass is 19.4. The van der Waals surface area contributed by atoms with Gasteiger partial charge in [-0.3, -0.25) is 9.78 Å².